The molecule has 7 nitrogen and oxygen atoms in total. The molecule has 0 spiro atoms. The Bertz CT molecular complexity index is 328. The average molecular weight is 227 g/mol. The van der Waals surface area contributed by atoms with E-state index in [1.54, 1.807) is 0 Å². The van der Waals surface area contributed by atoms with E-state index in [0.29, 0.717) is 13.0 Å². The molecule has 2 heterocycles. The molecule has 0 aromatic heterocycles. The largest absolute Gasteiger partial charge is 0.391 e. The van der Waals surface area contributed by atoms with Gasteiger partial charge in [0.15, 0.2) is 0 Å². The Morgan fingerprint density at radius 1 is 1.50 bits per heavy atom. The minimum Gasteiger partial charge on any atom is -0.391 e. The second-order valence-electron chi connectivity index (χ2n) is 3.92. The van der Waals surface area contributed by atoms with Crippen LogP contribution in [0.15, 0.2) is 0 Å². The van der Waals surface area contributed by atoms with Crippen molar-refractivity contribution in [2.75, 3.05) is 26.2 Å². The maximum atomic E-state index is 11.7. The number of aliphatic hydroxyl groups is 1. The first-order valence-electron chi connectivity index (χ1n) is 5.12. The Morgan fingerprint density at radius 3 is 2.75 bits per heavy atom. The second kappa shape index (κ2) is 4.09. The molecule has 0 aromatic rings. The summed E-state index contributed by atoms with van der Waals surface area (Å²) in [6.07, 6.45) is 0.0540. The molecule has 88 valence electrons. The fourth-order valence-electron chi connectivity index (χ4n) is 1.82. The first-order chi connectivity index (χ1) is 7.58. The maximum Gasteiger partial charge on any atom is 0.325 e. The van der Waals surface area contributed by atoms with Gasteiger partial charge in [0, 0.05) is 13.1 Å². The van der Waals surface area contributed by atoms with E-state index >= 15 is 0 Å². The molecule has 2 saturated heterocycles. The molecular weight excluding hydrogens is 214 g/mol. The van der Waals surface area contributed by atoms with Gasteiger partial charge in [-0.3, -0.25) is 14.5 Å². The SMILES string of the molecule is O=C(CN1C(=O)CNC1=O)N1CC[C@H](O)C1. The predicted molar refractivity (Wildman–Crippen MR) is 52.3 cm³/mol. The van der Waals surface area contributed by atoms with Crippen LogP contribution in [-0.2, 0) is 9.59 Å². The summed E-state index contributed by atoms with van der Waals surface area (Å²) in [4.78, 5) is 36.4. The van der Waals surface area contributed by atoms with E-state index in [-0.39, 0.29) is 25.5 Å². The lowest BCUT2D eigenvalue weighted by Gasteiger charge is -2.18. The lowest BCUT2D eigenvalue weighted by Crippen LogP contribution is -2.42. The molecule has 0 bridgehead atoms. The highest BCUT2D eigenvalue weighted by molar-refractivity contribution is 6.04. The van der Waals surface area contributed by atoms with Crippen LogP contribution in [0.4, 0.5) is 4.79 Å². The van der Waals surface area contributed by atoms with E-state index in [0.717, 1.165) is 4.90 Å². The molecule has 2 aliphatic heterocycles. The zero-order chi connectivity index (χ0) is 11.7. The maximum absolute atomic E-state index is 11.7. The van der Waals surface area contributed by atoms with E-state index in [1.807, 2.05) is 0 Å². The number of rotatable bonds is 2. The summed E-state index contributed by atoms with van der Waals surface area (Å²) in [6.45, 7) is 0.470. The van der Waals surface area contributed by atoms with Gasteiger partial charge >= 0.3 is 6.03 Å². The van der Waals surface area contributed by atoms with Crippen molar-refractivity contribution in [1.82, 2.24) is 15.1 Å². The van der Waals surface area contributed by atoms with Crippen LogP contribution in [0.25, 0.3) is 0 Å². The second-order valence-corrected chi connectivity index (χ2v) is 3.92. The lowest BCUT2D eigenvalue weighted by molar-refractivity contribution is -0.136. The van der Waals surface area contributed by atoms with Crippen molar-refractivity contribution in [3.05, 3.63) is 0 Å². The van der Waals surface area contributed by atoms with E-state index < -0.39 is 18.0 Å². The molecule has 7 heteroatoms. The van der Waals surface area contributed by atoms with E-state index in [4.69, 9.17) is 0 Å². The summed E-state index contributed by atoms with van der Waals surface area (Å²) in [5, 5.41) is 11.6. The molecule has 2 rings (SSSR count). The number of hydrogen-bond acceptors (Lipinski definition) is 4. The van der Waals surface area contributed by atoms with Gasteiger partial charge in [0.25, 0.3) is 5.91 Å². The molecular formula is C9H13N3O4. The molecule has 16 heavy (non-hydrogen) atoms. The van der Waals surface area contributed by atoms with Gasteiger partial charge in [-0.05, 0) is 6.42 Å². The molecule has 0 saturated carbocycles. The minimum absolute atomic E-state index is 0.0469. The fourth-order valence-corrected chi connectivity index (χ4v) is 1.82. The molecule has 2 aliphatic rings. The molecule has 0 aromatic carbocycles. The van der Waals surface area contributed by atoms with Gasteiger partial charge in [0.05, 0.1) is 12.6 Å². The highest BCUT2D eigenvalue weighted by Crippen LogP contribution is 2.10. The van der Waals surface area contributed by atoms with Crippen molar-refractivity contribution in [2.45, 2.75) is 12.5 Å². The van der Waals surface area contributed by atoms with Gasteiger partial charge in [-0.25, -0.2) is 4.79 Å². The van der Waals surface area contributed by atoms with Crippen LogP contribution in [0, 0.1) is 0 Å². The van der Waals surface area contributed by atoms with Gasteiger partial charge in [-0.15, -0.1) is 0 Å². The lowest BCUT2D eigenvalue weighted by atomic mass is 10.3. The fraction of sp³-hybridized carbons (Fsp3) is 0.667. The number of aliphatic hydroxyl groups excluding tert-OH is 1. The molecule has 1 atom stereocenters. The zero-order valence-electron chi connectivity index (χ0n) is 8.68. The number of imide groups is 1. The van der Waals surface area contributed by atoms with Crippen LogP contribution in [0.1, 0.15) is 6.42 Å². The Hall–Kier alpha value is -1.63. The first kappa shape index (κ1) is 10.9. The Labute approximate surface area is 92.0 Å². The number of β-amino-alcohol motifs (C(OH)–C–C–N with tert-alkyl or cyclic N) is 1. The summed E-state index contributed by atoms with van der Waals surface area (Å²) in [5.74, 6) is -0.694. The molecule has 4 amide bonds. The number of nitrogens with zero attached hydrogens (tertiary/aromatic N) is 2. The third-order valence-corrected chi connectivity index (χ3v) is 2.75. The number of amides is 4. The third-order valence-electron chi connectivity index (χ3n) is 2.75. The number of likely N-dealkylation sites (tertiary alicyclic amines) is 1. The standard InChI is InChI=1S/C9H13N3O4/c13-6-1-2-11(4-6)8(15)5-12-7(14)3-10-9(12)16/h6,13H,1-5H2,(H,10,16)/t6-/m0/s1. The summed E-state index contributed by atoms with van der Waals surface area (Å²) < 4.78 is 0. The summed E-state index contributed by atoms with van der Waals surface area (Å²) >= 11 is 0. The Morgan fingerprint density at radius 2 is 2.25 bits per heavy atom. The Kier molecular flexibility index (Phi) is 2.78. The van der Waals surface area contributed by atoms with Crippen LogP contribution < -0.4 is 5.32 Å². The molecule has 0 radical (unpaired) electrons. The molecule has 2 fully saturated rings. The quantitative estimate of drug-likeness (QED) is 0.541. The smallest absolute Gasteiger partial charge is 0.325 e. The van der Waals surface area contributed by atoms with Crippen molar-refractivity contribution in [3.63, 3.8) is 0 Å². The monoisotopic (exact) mass is 227 g/mol. The van der Waals surface area contributed by atoms with Gasteiger partial charge in [-0.2, -0.15) is 0 Å². The zero-order valence-corrected chi connectivity index (χ0v) is 8.68. The van der Waals surface area contributed by atoms with E-state index in [1.165, 1.54) is 4.90 Å². The highest BCUT2D eigenvalue weighted by Gasteiger charge is 2.33. The van der Waals surface area contributed by atoms with Crippen molar-refractivity contribution in [2.24, 2.45) is 0 Å². The summed E-state index contributed by atoms with van der Waals surface area (Å²) in [6, 6.07) is -0.530. The number of urea groups is 1. The number of carbonyl (C=O) groups is 3. The topological polar surface area (TPSA) is 90.0 Å². The number of carbonyl (C=O) groups excluding carboxylic acids is 3. The van der Waals surface area contributed by atoms with Gasteiger partial charge in [0.2, 0.25) is 5.91 Å². The van der Waals surface area contributed by atoms with Crippen LogP contribution in [-0.4, -0.2) is 65.0 Å². The van der Waals surface area contributed by atoms with E-state index in [2.05, 4.69) is 5.32 Å². The van der Waals surface area contributed by atoms with Crippen LogP contribution >= 0.6 is 0 Å². The van der Waals surface area contributed by atoms with Crippen molar-refractivity contribution in [3.8, 4) is 0 Å². The number of hydrogen-bond donors (Lipinski definition) is 2. The van der Waals surface area contributed by atoms with Crippen LogP contribution in [0.3, 0.4) is 0 Å². The third kappa shape index (κ3) is 1.99. The molecule has 2 N–H and O–H groups in total. The van der Waals surface area contributed by atoms with Gasteiger partial charge in [0.1, 0.15) is 6.54 Å². The highest BCUT2D eigenvalue weighted by atomic mass is 16.3. The average Bonchev–Trinajstić information content (AvgIpc) is 2.79. The molecule has 0 unspecified atom stereocenters. The predicted octanol–water partition coefficient (Wildman–Crippen LogP) is -1.87. The van der Waals surface area contributed by atoms with Gasteiger partial charge in [-0.1, -0.05) is 0 Å². The van der Waals surface area contributed by atoms with Crippen LogP contribution in [0.2, 0.25) is 0 Å². The van der Waals surface area contributed by atoms with E-state index in [9.17, 15) is 19.5 Å². The van der Waals surface area contributed by atoms with Gasteiger partial charge < -0.3 is 15.3 Å². The summed E-state index contributed by atoms with van der Waals surface area (Å²) in [5.41, 5.74) is 0. The number of nitrogens with one attached hydrogen (secondary N) is 1. The van der Waals surface area contributed by atoms with Crippen molar-refractivity contribution >= 4 is 17.8 Å². The Balaban J connectivity index is 1.92. The normalized spacial score (nSPS) is 25.2. The van der Waals surface area contributed by atoms with Crippen molar-refractivity contribution in [1.29, 1.82) is 0 Å². The minimum atomic E-state index is -0.530. The van der Waals surface area contributed by atoms with Crippen molar-refractivity contribution < 1.29 is 19.5 Å². The van der Waals surface area contributed by atoms with Crippen LogP contribution in [0.5, 0.6) is 0 Å². The summed E-state index contributed by atoms with van der Waals surface area (Å²) in [7, 11) is 0. The first-order valence-corrected chi connectivity index (χ1v) is 5.12. The molecule has 0 aliphatic carbocycles.